The first-order valence-corrected chi connectivity index (χ1v) is 7.46. The molecule has 1 aromatic heterocycles. The summed E-state index contributed by atoms with van der Waals surface area (Å²) in [6, 6.07) is 3.22. The molecule has 7 nitrogen and oxygen atoms in total. The molecule has 1 aromatic rings. The zero-order valence-electron chi connectivity index (χ0n) is 12.7. The molecule has 0 spiro atoms. The molecule has 0 radical (unpaired) electrons. The smallest absolute Gasteiger partial charge is 0.286 e. The van der Waals surface area contributed by atoms with Gasteiger partial charge in [-0.1, -0.05) is 0 Å². The Labute approximate surface area is 129 Å². The largest absolute Gasteiger partial charge is 0.454 e. The molecular weight excluding hydrogens is 288 g/mol. The van der Waals surface area contributed by atoms with Gasteiger partial charge < -0.3 is 24.5 Å². The Morgan fingerprint density at radius 2 is 2.23 bits per heavy atom. The molecule has 22 heavy (non-hydrogen) atoms. The summed E-state index contributed by atoms with van der Waals surface area (Å²) in [6.45, 7) is 1.42. The number of carbonyl (C=O) groups is 2. The van der Waals surface area contributed by atoms with Crippen LogP contribution in [0, 0.1) is 0 Å². The monoisotopic (exact) mass is 310 g/mol. The fourth-order valence-corrected chi connectivity index (χ4v) is 2.18. The molecule has 1 atom stereocenters. The number of amides is 2. The zero-order chi connectivity index (χ0) is 15.8. The summed E-state index contributed by atoms with van der Waals surface area (Å²) in [5.41, 5.74) is 0. The number of furan rings is 1. The van der Waals surface area contributed by atoms with Gasteiger partial charge in [0, 0.05) is 13.7 Å². The van der Waals surface area contributed by atoms with Crippen molar-refractivity contribution < 1.29 is 23.5 Å². The predicted octanol–water partition coefficient (Wildman–Crippen LogP) is 0.841. The third-order valence-electron chi connectivity index (χ3n) is 3.38. The second-order valence-corrected chi connectivity index (χ2v) is 5.13. The van der Waals surface area contributed by atoms with Gasteiger partial charge in [0.2, 0.25) is 5.91 Å². The number of hydrogen-bond acceptors (Lipinski definition) is 5. The van der Waals surface area contributed by atoms with E-state index in [4.69, 9.17) is 13.9 Å². The zero-order valence-corrected chi connectivity index (χ0v) is 12.7. The van der Waals surface area contributed by atoms with E-state index in [1.165, 1.54) is 7.05 Å². The van der Waals surface area contributed by atoms with Gasteiger partial charge in [-0.25, -0.2) is 0 Å². The van der Waals surface area contributed by atoms with E-state index >= 15 is 0 Å². The van der Waals surface area contributed by atoms with Crippen LogP contribution in [0.5, 0.6) is 0 Å². The van der Waals surface area contributed by atoms with Crippen LogP contribution in [0.25, 0.3) is 0 Å². The predicted molar refractivity (Wildman–Crippen MR) is 78.4 cm³/mol. The van der Waals surface area contributed by atoms with Gasteiger partial charge in [-0.05, 0) is 31.4 Å². The maximum Gasteiger partial charge on any atom is 0.286 e. The molecule has 1 unspecified atom stereocenters. The SMILES string of the molecule is CNC(=O)c1ccc(CNC(=O)COCC2CCCCO2)o1. The maximum absolute atomic E-state index is 11.7. The van der Waals surface area contributed by atoms with Crippen molar-refractivity contribution in [2.45, 2.75) is 31.9 Å². The first kappa shape index (κ1) is 16.5. The maximum atomic E-state index is 11.7. The number of hydrogen-bond donors (Lipinski definition) is 2. The Hall–Kier alpha value is -1.86. The average Bonchev–Trinajstić information content (AvgIpc) is 3.02. The highest BCUT2D eigenvalue weighted by atomic mass is 16.5. The quantitative estimate of drug-likeness (QED) is 0.779. The Morgan fingerprint density at radius 3 is 2.95 bits per heavy atom. The minimum Gasteiger partial charge on any atom is -0.454 e. The molecule has 122 valence electrons. The fourth-order valence-electron chi connectivity index (χ4n) is 2.18. The van der Waals surface area contributed by atoms with Gasteiger partial charge in [-0.15, -0.1) is 0 Å². The number of nitrogens with one attached hydrogen (secondary N) is 2. The molecule has 1 aliphatic rings. The van der Waals surface area contributed by atoms with Crippen LogP contribution in [0.2, 0.25) is 0 Å². The van der Waals surface area contributed by atoms with E-state index < -0.39 is 0 Å². The summed E-state index contributed by atoms with van der Waals surface area (Å²) in [5.74, 6) is 0.210. The van der Waals surface area contributed by atoms with Crippen molar-refractivity contribution in [1.82, 2.24) is 10.6 Å². The van der Waals surface area contributed by atoms with Gasteiger partial charge in [-0.3, -0.25) is 9.59 Å². The summed E-state index contributed by atoms with van der Waals surface area (Å²) in [7, 11) is 1.53. The van der Waals surface area contributed by atoms with Gasteiger partial charge in [0.15, 0.2) is 5.76 Å². The van der Waals surface area contributed by atoms with Crippen LogP contribution in [0.1, 0.15) is 35.6 Å². The van der Waals surface area contributed by atoms with E-state index in [1.807, 2.05) is 0 Å². The lowest BCUT2D eigenvalue weighted by atomic mass is 10.1. The summed E-state index contributed by atoms with van der Waals surface area (Å²) in [4.78, 5) is 23.0. The summed E-state index contributed by atoms with van der Waals surface area (Å²) < 4.78 is 16.2. The molecule has 0 saturated carbocycles. The Kier molecular flexibility index (Phi) is 6.42. The molecule has 1 saturated heterocycles. The van der Waals surface area contributed by atoms with Crippen LogP contribution in [0.4, 0.5) is 0 Å². The minimum atomic E-state index is -0.298. The molecule has 2 amide bonds. The fraction of sp³-hybridized carbons (Fsp3) is 0.600. The van der Waals surface area contributed by atoms with Crippen molar-refractivity contribution in [3.05, 3.63) is 23.7 Å². The Balaban J connectivity index is 1.62. The van der Waals surface area contributed by atoms with E-state index in [1.54, 1.807) is 12.1 Å². The van der Waals surface area contributed by atoms with Crippen LogP contribution >= 0.6 is 0 Å². The van der Waals surface area contributed by atoms with Gasteiger partial charge in [-0.2, -0.15) is 0 Å². The van der Waals surface area contributed by atoms with Crippen LogP contribution in [0.15, 0.2) is 16.5 Å². The molecule has 1 aliphatic heterocycles. The van der Waals surface area contributed by atoms with Crippen molar-refractivity contribution in [2.75, 3.05) is 26.9 Å². The molecule has 7 heteroatoms. The third-order valence-corrected chi connectivity index (χ3v) is 3.38. The summed E-state index contributed by atoms with van der Waals surface area (Å²) in [5, 5.41) is 5.14. The standard InChI is InChI=1S/C15H22N2O5/c1-16-15(19)13-6-5-11(22-13)8-17-14(18)10-20-9-12-4-2-3-7-21-12/h5-6,12H,2-4,7-10H2,1H3,(H,16,19)(H,17,18). The summed E-state index contributed by atoms with van der Waals surface area (Å²) in [6.07, 6.45) is 3.32. The Morgan fingerprint density at radius 1 is 1.36 bits per heavy atom. The second-order valence-electron chi connectivity index (χ2n) is 5.13. The first-order valence-electron chi connectivity index (χ1n) is 7.46. The second kappa shape index (κ2) is 8.55. The molecule has 0 bridgehead atoms. The molecule has 0 aromatic carbocycles. The van der Waals surface area contributed by atoms with Gasteiger partial charge >= 0.3 is 0 Å². The van der Waals surface area contributed by atoms with E-state index in [9.17, 15) is 9.59 Å². The number of carbonyl (C=O) groups excluding carboxylic acids is 2. The van der Waals surface area contributed by atoms with Crippen molar-refractivity contribution in [1.29, 1.82) is 0 Å². The first-order chi connectivity index (χ1) is 10.7. The number of rotatable bonds is 7. The van der Waals surface area contributed by atoms with E-state index in [0.717, 1.165) is 25.9 Å². The highest BCUT2D eigenvalue weighted by molar-refractivity contribution is 5.91. The minimum absolute atomic E-state index is 0.0110. The Bertz CT molecular complexity index is 494. The molecule has 2 N–H and O–H groups in total. The van der Waals surface area contributed by atoms with Crippen LogP contribution in [-0.4, -0.2) is 44.8 Å². The van der Waals surface area contributed by atoms with Crippen LogP contribution in [-0.2, 0) is 20.8 Å². The molecule has 0 aliphatic carbocycles. The van der Waals surface area contributed by atoms with Crippen molar-refractivity contribution in [3.8, 4) is 0 Å². The topological polar surface area (TPSA) is 89.8 Å². The molecular formula is C15H22N2O5. The van der Waals surface area contributed by atoms with Crippen LogP contribution in [0.3, 0.4) is 0 Å². The lowest BCUT2D eigenvalue weighted by Gasteiger charge is -2.22. The normalized spacial score (nSPS) is 18.0. The van der Waals surface area contributed by atoms with E-state index in [0.29, 0.717) is 12.4 Å². The average molecular weight is 310 g/mol. The van der Waals surface area contributed by atoms with Gasteiger partial charge in [0.05, 0.1) is 19.3 Å². The van der Waals surface area contributed by atoms with Crippen molar-refractivity contribution >= 4 is 11.8 Å². The van der Waals surface area contributed by atoms with Gasteiger partial charge in [0.25, 0.3) is 5.91 Å². The molecule has 2 rings (SSSR count). The highest BCUT2D eigenvalue weighted by Crippen LogP contribution is 2.12. The lowest BCUT2D eigenvalue weighted by Crippen LogP contribution is -2.30. The number of ether oxygens (including phenoxy) is 2. The van der Waals surface area contributed by atoms with E-state index in [-0.39, 0.29) is 36.8 Å². The summed E-state index contributed by atoms with van der Waals surface area (Å²) >= 11 is 0. The molecule has 2 heterocycles. The highest BCUT2D eigenvalue weighted by Gasteiger charge is 2.14. The van der Waals surface area contributed by atoms with E-state index in [2.05, 4.69) is 10.6 Å². The van der Waals surface area contributed by atoms with Crippen LogP contribution < -0.4 is 10.6 Å². The third kappa shape index (κ3) is 5.16. The molecule has 1 fully saturated rings. The van der Waals surface area contributed by atoms with Crippen molar-refractivity contribution in [2.24, 2.45) is 0 Å². The lowest BCUT2D eigenvalue weighted by molar-refractivity contribution is -0.128. The van der Waals surface area contributed by atoms with Crippen molar-refractivity contribution in [3.63, 3.8) is 0 Å². The van der Waals surface area contributed by atoms with Gasteiger partial charge in [0.1, 0.15) is 12.4 Å².